The highest BCUT2D eigenvalue weighted by Gasteiger charge is 2.72. The van der Waals surface area contributed by atoms with Crippen molar-refractivity contribution < 1.29 is 74.2 Å². The molecule has 0 unspecified atom stereocenters. The van der Waals surface area contributed by atoms with E-state index in [0.717, 1.165) is 18.3 Å². The minimum absolute atomic E-state index is 0.0699. The van der Waals surface area contributed by atoms with Crippen molar-refractivity contribution in [3.05, 3.63) is 11.6 Å². The summed E-state index contributed by atoms with van der Waals surface area (Å²) in [5.74, 6) is -2.94. The standard InChI is InChI=1S/C41H62O15/c1-36(2)13-14-41(35(51)52)20(15-36)19-7-8-23-37(3)11-10-25(38(4,18-42)22(37)9-12-39(23,5)40(19,6)16-24(41)44)54-34-29(48)30(28(47)31(56-34)32(49)50)55-33-27(46)26(45)21(43)17-53-33/h7,18,20-31,33-34,43-48H,8-17H2,1-6H3,(H,49,50)(H,51,52)/t20-,21+,22+,23+,24+,25-,26-,27+,28-,29+,30-,31-,33-,34+,37-,38-,39+,40+,41+/m0/s1. The fourth-order valence-corrected chi connectivity index (χ4v) is 13.3. The second-order valence-electron chi connectivity index (χ2n) is 20.0. The van der Waals surface area contributed by atoms with E-state index in [1.807, 2.05) is 6.92 Å². The minimum Gasteiger partial charge on any atom is -0.481 e. The molecule has 4 saturated carbocycles. The van der Waals surface area contributed by atoms with Gasteiger partial charge in [-0.15, -0.1) is 0 Å². The second kappa shape index (κ2) is 14.0. The molecule has 0 radical (unpaired) electrons. The van der Waals surface area contributed by atoms with Crippen LogP contribution in [0.2, 0.25) is 0 Å². The van der Waals surface area contributed by atoms with Gasteiger partial charge in [0.1, 0.15) is 48.3 Å². The van der Waals surface area contributed by atoms with Crippen molar-refractivity contribution in [2.24, 2.45) is 50.2 Å². The van der Waals surface area contributed by atoms with Gasteiger partial charge in [0.2, 0.25) is 0 Å². The Hall–Kier alpha value is -2.05. The third-order valence-electron chi connectivity index (χ3n) is 16.8. The summed E-state index contributed by atoms with van der Waals surface area (Å²) in [7, 11) is 0. The van der Waals surface area contributed by atoms with Crippen molar-refractivity contribution >= 4 is 18.2 Å². The molecule has 19 atom stereocenters. The fraction of sp³-hybridized carbons (Fsp3) is 0.878. The van der Waals surface area contributed by atoms with Gasteiger partial charge < -0.3 is 64.6 Å². The monoisotopic (exact) mass is 794 g/mol. The lowest BCUT2D eigenvalue weighted by molar-refractivity contribution is -0.355. The van der Waals surface area contributed by atoms with E-state index in [9.17, 15) is 55.2 Å². The molecule has 0 aromatic heterocycles. The normalized spacial score (nSPS) is 54.0. The van der Waals surface area contributed by atoms with Crippen LogP contribution in [-0.2, 0) is 33.3 Å². The van der Waals surface area contributed by atoms with E-state index in [1.54, 1.807) is 0 Å². The highest BCUT2D eigenvalue weighted by atomic mass is 16.7. The number of fused-ring (bicyclic) bond motifs is 7. The smallest absolute Gasteiger partial charge is 0.335 e. The van der Waals surface area contributed by atoms with E-state index in [2.05, 4.69) is 40.7 Å². The zero-order valence-electron chi connectivity index (χ0n) is 33.2. The maximum Gasteiger partial charge on any atom is 0.335 e. The lowest BCUT2D eigenvalue weighted by Gasteiger charge is -2.71. The molecule has 0 bridgehead atoms. The van der Waals surface area contributed by atoms with Crippen LogP contribution < -0.4 is 0 Å². The van der Waals surface area contributed by atoms with E-state index >= 15 is 0 Å². The van der Waals surface area contributed by atoms with Gasteiger partial charge >= 0.3 is 11.9 Å². The van der Waals surface area contributed by atoms with Crippen LogP contribution in [-0.4, -0.2) is 133 Å². The molecule has 2 saturated heterocycles. The van der Waals surface area contributed by atoms with E-state index < -0.39 is 108 Å². The molecule has 6 fully saturated rings. The molecule has 0 amide bonds. The van der Waals surface area contributed by atoms with Crippen molar-refractivity contribution in [3.63, 3.8) is 0 Å². The lowest BCUT2D eigenvalue weighted by Crippen LogP contribution is -2.68. The fourth-order valence-electron chi connectivity index (χ4n) is 13.3. The topological polar surface area (TPSA) is 250 Å². The third-order valence-corrected chi connectivity index (χ3v) is 16.8. The second-order valence-corrected chi connectivity index (χ2v) is 20.0. The van der Waals surface area contributed by atoms with Crippen molar-refractivity contribution in [1.82, 2.24) is 0 Å². The minimum atomic E-state index is -1.95. The number of hydrogen-bond acceptors (Lipinski definition) is 13. The van der Waals surface area contributed by atoms with Crippen molar-refractivity contribution in [2.75, 3.05) is 6.61 Å². The average Bonchev–Trinajstić information content (AvgIpc) is 3.12. The first-order valence-corrected chi connectivity index (χ1v) is 20.3. The molecule has 2 heterocycles. The number of aliphatic hydroxyl groups excluding tert-OH is 6. The molecule has 316 valence electrons. The molecule has 15 nitrogen and oxygen atoms in total. The van der Waals surface area contributed by atoms with Crippen molar-refractivity contribution in [3.8, 4) is 0 Å². The molecule has 5 aliphatic carbocycles. The first kappa shape index (κ1) is 42.1. The maximum absolute atomic E-state index is 13.4. The lowest BCUT2D eigenvalue weighted by atomic mass is 9.33. The van der Waals surface area contributed by atoms with Crippen LogP contribution in [0.15, 0.2) is 11.6 Å². The first-order valence-electron chi connectivity index (χ1n) is 20.3. The van der Waals surface area contributed by atoms with E-state index in [1.165, 1.54) is 0 Å². The zero-order chi connectivity index (χ0) is 41.1. The maximum atomic E-state index is 13.4. The van der Waals surface area contributed by atoms with Gasteiger partial charge in [0.05, 0.1) is 24.2 Å². The number of carbonyl (C=O) groups is 3. The van der Waals surface area contributed by atoms with Gasteiger partial charge in [-0.3, -0.25) is 4.79 Å². The Bertz CT molecular complexity index is 1600. The number of allylic oxidation sites excluding steroid dienone is 2. The number of rotatable bonds is 7. The van der Waals surface area contributed by atoms with Gasteiger partial charge in [-0.2, -0.15) is 0 Å². The average molecular weight is 795 g/mol. The summed E-state index contributed by atoms with van der Waals surface area (Å²) in [6.45, 7) is 12.5. The number of aldehydes is 1. The Labute approximate surface area is 327 Å². The number of carbonyl (C=O) groups excluding carboxylic acids is 1. The van der Waals surface area contributed by atoms with Gasteiger partial charge in [-0.05, 0) is 97.2 Å². The highest BCUT2D eigenvalue weighted by Crippen LogP contribution is 2.75. The summed E-state index contributed by atoms with van der Waals surface area (Å²) in [6.07, 6.45) is -9.15. The molecule has 56 heavy (non-hydrogen) atoms. The molecular formula is C41H62O15. The number of carboxylic acids is 2. The van der Waals surface area contributed by atoms with Crippen LogP contribution >= 0.6 is 0 Å². The quantitative estimate of drug-likeness (QED) is 0.104. The van der Waals surface area contributed by atoms with Gasteiger partial charge in [0, 0.05) is 0 Å². The summed E-state index contributed by atoms with van der Waals surface area (Å²) in [4.78, 5) is 38.8. The van der Waals surface area contributed by atoms with Gasteiger partial charge in [-0.1, -0.05) is 53.2 Å². The van der Waals surface area contributed by atoms with Crippen LogP contribution in [0.5, 0.6) is 0 Å². The predicted molar refractivity (Wildman–Crippen MR) is 194 cm³/mol. The number of ether oxygens (including phenoxy) is 4. The molecule has 0 aromatic rings. The number of carboxylic acid groups (broad SMARTS) is 2. The predicted octanol–water partition coefficient (Wildman–Crippen LogP) is 1.76. The number of hydrogen-bond donors (Lipinski definition) is 8. The van der Waals surface area contributed by atoms with Crippen LogP contribution in [0.3, 0.4) is 0 Å². The first-order chi connectivity index (χ1) is 26.0. The molecule has 7 rings (SSSR count). The largest absolute Gasteiger partial charge is 0.481 e. The Morgan fingerprint density at radius 1 is 0.804 bits per heavy atom. The van der Waals surface area contributed by atoms with Gasteiger partial charge in [0.15, 0.2) is 18.7 Å². The number of aliphatic carboxylic acids is 2. The van der Waals surface area contributed by atoms with Crippen LogP contribution in [0.1, 0.15) is 99.3 Å². The van der Waals surface area contributed by atoms with Crippen LogP contribution in [0, 0.1) is 50.2 Å². The Morgan fingerprint density at radius 2 is 1.50 bits per heavy atom. The molecule has 8 N–H and O–H groups in total. The zero-order valence-corrected chi connectivity index (χ0v) is 33.2. The van der Waals surface area contributed by atoms with E-state index in [4.69, 9.17) is 18.9 Å². The van der Waals surface area contributed by atoms with Gasteiger partial charge in [0.25, 0.3) is 0 Å². The van der Waals surface area contributed by atoms with Crippen molar-refractivity contribution in [2.45, 2.75) is 167 Å². The molecule has 7 aliphatic rings. The summed E-state index contributed by atoms with van der Waals surface area (Å²) in [6, 6.07) is 0. The summed E-state index contributed by atoms with van der Waals surface area (Å²) in [5.41, 5.74) is -2.50. The SMILES string of the molecule is CC1(C)CC[C@]2(C(=O)O)[C@H](O)C[C@]3(C)C(=CC[C@@H]4[C@@]5(C)CC[C@H](O[C@@H]6O[C@H](C(=O)O)[C@@H](O)[C@H](O[C@@H]7OC[C@@H](O)[C@H](O)[C@H]7O)[C@H]6O)[C@@](C)(C=O)[C@@H]5CC[C@]43C)[C@@H]2C1. The summed E-state index contributed by atoms with van der Waals surface area (Å²) in [5, 5.41) is 85.5. The summed E-state index contributed by atoms with van der Waals surface area (Å²) >= 11 is 0. The molecule has 15 heteroatoms. The highest BCUT2D eigenvalue weighted by molar-refractivity contribution is 5.77. The third kappa shape index (κ3) is 5.92. The van der Waals surface area contributed by atoms with Crippen molar-refractivity contribution in [1.29, 1.82) is 0 Å². The Balaban J connectivity index is 1.16. The van der Waals surface area contributed by atoms with Gasteiger partial charge in [-0.25, -0.2) is 4.79 Å². The Kier molecular flexibility index (Phi) is 10.5. The van der Waals surface area contributed by atoms with E-state index in [-0.39, 0.29) is 28.6 Å². The number of aliphatic hydroxyl groups is 6. The molecule has 2 aliphatic heterocycles. The van der Waals surface area contributed by atoms with Crippen LogP contribution in [0.25, 0.3) is 0 Å². The molecular weight excluding hydrogens is 732 g/mol. The molecule has 0 spiro atoms. The van der Waals surface area contributed by atoms with E-state index in [0.29, 0.717) is 51.4 Å². The Morgan fingerprint density at radius 3 is 2.14 bits per heavy atom. The summed E-state index contributed by atoms with van der Waals surface area (Å²) < 4.78 is 23.0. The molecule has 0 aromatic carbocycles. The van der Waals surface area contributed by atoms with Crippen LogP contribution in [0.4, 0.5) is 0 Å².